The molecule has 1 heterocycles. The fourth-order valence-electron chi connectivity index (χ4n) is 3.76. The van der Waals surface area contributed by atoms with Gasteiger partial charge in [-0.15, -0.1) is 0 Å². The summed E-state index contributed by atoms with van der Waals surface area (Å²) in [4.78, 5) is 30.4. The van der Waals surface area contributed by atoms with Crippen LogP contribution in [-0.2, 0) is 9.84 Å². The summed E-state index contributed by atoms with van der Waals surface area (Å²) in [5, 5.41) is 5.45. The van der Waals surface area contributed by atoms with Crippen molar-refractivity contribution in [3.05, 3.63) is 101 Å². The number of carbonyl (C=O) groups is 2. The second kappa shape index (κ2) is 11.0. The van der Waals surface area contributed by atoms with Gasteiger partial charge in [0, 0.05) is 27.5 Å². The average molecular weight is 608 g/mol. The molecule has 0 unspecified atom stereocenters. The molecular formula is C29H27BrN4O4S. The molecule has 2 amide bonds. The Morgan fingerprint density at radius 2 is 1.56 bits per heavy atom. The number of aromatic nitrogens is 1. The number of amides is 2. The van der Waals surface area contributed by atoms with Gasteiger partial charge < -0.3 is 16.4 Å². The zero-order valence-corrected chi connectivity index (χ0v) is 23.9. The van der Waals surface area contributed by atoms with E-state index in [1.807, 2.05) is 0 Å². The fraction of sp³-hybridized carbons (Fsp3) is 0.138. The van der Waals surface area contributed by atoms with Crippen LogP contribution in [0.1, 0.15) is 41.5 Å². The molecular weight excluding hydrogens is 580 g/mol. The van der Waals surface area contributed by atoms with Crippen LogP contribution < -0.4 is 16.4 Å². The van der Waals surface area contributed by atoms with Gasteiger partial charge in [-0.2, -0.15) is 0 Å². The first-order chi connectivity index (χ1) is 18.4. The molecule has 0 saturated carbocycles. The molecule has 4 N–H and O–H groups in total. The summed E-state index contributed by atoms with van der Waals surface area (Å²) in [6.07, 6.45) is 1.56. The van der Waals surface area contributed by atoms with Crippen molar-refractivity contribution in [1.82, 2.24) is 4.98 Å². The molecule has 1 aromatic heterocycles. The van der Waals surface area contributed by atoms with Crippen LogP contribution in [-0.4, -0.2) is 30.0 Å². The lowest BCUT2D eigenvalue weighted by Gasteiger charge is -2.21. The van der Waals surface area contributed by atoms with E-state index in [0.29, 0.717) is 28.2 Å². The first-order valence-corrected chi connectivity index (χ1v) is 14.2. The predicted octanol–water partition coefficient (Wildman–Crippen LogP) is 6.17. The Morgan fingerprint density at radius 1 is 0.872 bits per heavy atom. The quantitative estimate of drug-likeness (QED) is 0.225. The normalized spacial score (nSPS) is 11.6. The Kier molecular flexibility index (Phi) is 7.89. The van der Waals surface area contributed by atoms with Crippen LogP contribution in [0.3, 0.4) is 0 Å². The molecule has 4 rings (SSSR count). The molecule has 0 bridgehead atoms. The molecule has 8 nitrogen and oxygen atoms in total. The molecule has 0 saturated heterocycles. The fourth-order valence-corrected chi connectivity index (χ4v) is 5.39. The maximum Gasteiger partial charge on any atom is 0.258 e. The number of nitrogen functional groups attached to an aromatic ring is 1. The van der Waals surface area contributed by atoms with Crippen molar-refractivity contribution >= 4 is 54.8 Å². The van der Waals surface area contributed by atoms with Gasteiger partial charge in [0.15, 0.2) is 9.84 Å². The van der Waals surface area contributed by atoms with Crippen LogP contribution in [0.25, 0.3) is 11.1 Å². The highest BCUT2D eigenvalue weighted by Crippen LogP contribution is 2.33. The van der Waals surface area contributed by atoms with Crippen LogP contribution in [0.4, 0.5) is 17.2 Å². The van der Waals surface area contributed by atoms with Crippen molar-refractivity contribution in [2.24, 2.45) is 0 Å². The van der Waals surface area contributed by atoms with Crippen molar-refractivity contribution in [3.8, 4) is 11.1 Å². The van der Waals surface area contributed by atoms with E-state index in [1.165, 1.54) is 12.1 Å². The first-order valence-electron chi connectivity index (χ1n) is 11.9. The number of hydrogen-bond acceptors (Lipinski definition) is 6. The van der Waals surface area contributed by atoms with Crippen molar-refractivity contribution in [3.63, 3.8) is 0 Å². The van der Waals surface area contributed by atoms with Gasteiger partial charge >= 0.3 is 0 Å². The number of sulfone groups is 1. The highest BCUT2D eigenvalue weighted by Gasteiger charge is 2.32. The molecule has 3 aromatic carbocycles. The monoisotopic (exact) mass is 606 g/mol. The Hall–Kier alpha value is -4.02. The number of anilines is 3. The SMILES string of the molecule is CC(C)(C)S(=O)(=O)c1ccccc1-c1ccc(C(=O)Nc2cc(N)ccc2C(=O)Nc2ccc(Br)cn2)cc1. The van der Waals surface area contributed by atoms with Crippen LogP contribution in [0, 0.1) is 0 Å². The van der Waals surface area contributed by atoms with Crippen molar-refractivity contribution in [1.29, 1.82) is 0 Å². The average Bonchev–Trinajstić information content (AvgIpc) is 2.89. The smallest absolute Gasteiger partial charge is 0.258 e. The van der Waals surface area contributed by atoms with E-state index in [4.69, 9.17) is 5.73 Å². The van der Waals surface area contributed by atoms with Crippen LogP contribution in [0.5, 0.6) is 0 Å². The lowest BCUT2D eigenvalue weighted by molar-refractivity contribution is 0.102. The van der Waals surface area contributed by atoms with Gasteiger partial charge in [0.2, 0.25) is 0 Å². The lowest BCUT2D eigenvalue weighted by atomic mass is 10.0. The summed E-state index contributed by atoms with van der Waals surface area (Å²) in [7, 11) is -3.60. The van der Waals surface area contributed by atoms with E-state index < -0.39 is 26.4 Å². The van der Waals surface area contributed by atoms with Gasteiger partial charge in [-0.05, 0) is 90.8 Å². The molecule has 4 aromatic rings. The highest BCUT2D eigenvalue weighted by atomic mass is 79.9. The molecule has 0 spiro atoms. The van der Waals surface area contributed by atoms with Gasteiger partial charge in [-0.25, -0.2) is 13.4 Å². The summed E-state index contributed by atoms with van der Waals surface area (Å²) in [5.74, 6) is -0.577. The molecule has 0 radical (unpaired) electrons. The summed E-state index contributed by atoms with van der Waals surface area (Å²) < 4.78 is 26.1. The van der Waals surface area contributed by atoms with Crippen LogP contribution in [0.2, 0.25) is 0 Å². The zero-order valence-electron chi connectivity index (χ0n) is 21.5. The van der Waals surface area contributed by atoms with Gasteiger partial charge in [0.1, 0.15) is 5.82 Å². The second-order valence-electron chi connectivity index (χ2n) is 9.76. The number of halogens is 1. The van der Waals surface area contributed by atoms with Crippen LogP contribution in [0.15, 0.2) is 94.4 Å². The number of rotatable bonds is 6. The Balaban J connectivity index is 1.58. The number of pyridine rings is 1. The highest BCUT2D eigenvalue weighted by molar-refractivity contribution is 9.10. The molecule has 0 atom stereocenters. The van der Waals surface area contributed by atoms with Gasteiger partial charge in [-0.3, -0.25) is 9.59 Å². The Morgan fingerprint density at radius 3 is 2.21 bits per heavy atom. The van der Waals surface area contributed by atoms with Crippen LogP contribution >= 0.6 is 15.9 Å². The maximum absolute atomic E-state index is 13.2. The van der Waals surface area contributed by atoms with Gasteiger partial charge in [-0.1, -0.05) is 30.3 Å². The predicted molar refractivity (Wildman–Crippen MR) is 158 cm³/mol. The topological polar surface area (TPSA) is 131 Å². The number of nitrogens with two attached hydrogens (primary N) is 1. The zero-order chi connectivity index (χ0) is 28.4. The molecule has 0 fully saturated rings. The summed E-state index contributed by atoms with van der Waals surface area (Å²) >= 11 is 3.30. The third kappa shape index (κ3) is 6.18. The van der Waals surface area contributed by atoms with E-state index in [0.717, 1.165) is 4.47 Å². The Bertz CT molecular complexity index is 1650. The number of nitrogens with zero attached hydrogens (tertiary/aromatic N) is 1. The lowest BCUT2D eigenvalue weighted by Crippen LogP contribution is -2.28. The minimum atomic E-state index is -3.60. The number of benzene rings is 3. The van der Waals surface area contributed by atoms with E-state index in [2.05, 4.69) is 31.5 Å². The largest absolute Gasteiger partial charge is 0.399 e. The van der Waals surface area contributed by atoms with Crippen molar-refractivity contribution in [2.75, 3.05) is 16.4 Å². The Labute approximate surface area is 235 Å². The minimum Gasteiger partial charge on any atom is -0.399 e. The maximum atomic E-state index is 13.2. The molecule has 200 valence electrons. The third-order valence-corrected chi connectivity index (χ3v) is 8.96. The number of carbonyl (C=O) groups excluding carboxylic acids is 2. The molecule has 0 aliphatic heterocycles. The molecule has 0 aliphatic carbocycles. The summed E-state index contributed by atoms with van der Waals surface area (Å²) in [6, 6.07) is 21.4. The molecule has 10 heteroatoms. The van der Waals surface area contributed by atoms with E-state index >= 15 is 0 Å². The first kappa shape index (κ1) is 28.0. The number of hydrogen-bond donors (Lipinski definition) is 3. The third-order valence-electron chi connectivity index (χ3n) is 5.95. The van der Waals surface area contributed by atoms with Crippen molar-refractivity contribution in [2.45, 2.75) is 30.4 Å². The van der Waals surface area contributed by atoms with Gasteiger partial charge in [0.05, 0.1) is 20.9 Å². The van der Waals surface area contributed by atoms with Crippen molar-refractivity contribution < 1.29 is 18.0 Å². The minimum absolute atomic E-state index is 0.209. The molecule has 0 aliphatic rings. The van der Waals surface area contributed by atoms with E-state index in [9.17, 15) is 18.0 Å². The van der Waals surface area contributed by atoms with Gasteiger partial charge in [0.25, 0.3) is 11.8 Å². The van der Waals surface area contributed by atoms with E-state index in [-0.39, 0.29) is 16.1 Å². The van der Waals surface area contributed by atoms with E-state index in [1.54, 1.807) is 93.7 Å². The summed E-state index contributed by atoms with van der Waals surface area (Å²) in [6.45, 7) is 4.98. The molecule has 39 heavy (non-hydrogen) atoms. The number of nitrogens with one attached hydrogen (secondary N) is 2. The second-order valence-corrected chi connectivity index (χ2v) is 13.4. The summed E-state index contributed by atoms with van der Waals surface area (Å²) in [5.41, 5.74) is 8.26. The standard InChI is InChI=1S/C29H27BrN4O4S/c1-29(2,3)39(37,38)25-7-5-4-6-22(25)18-8-10-19(11-9-18)27(35)33-24-16-21(31)13-14-23(24)28(36)34-26-15-12-20(30)17-32-26/h4-17H,31H2,1-3H3,(H,33,35)(H,32,34,36).